The van der Waals surface area contributed by atoms with Crippen molar-refractivity contribution < 1.29 is 9.90 Å². The molecule has 7 nitrogen and oxygen atoms in total. The third-order valence-electron chi connectivity index (χ3n) is 4.17. The number of nitrogens with one attached hydrogen (secondary N) is 1. The maximum atomic E-state index is 11.1. The van der Waals surface area contributed by atoms with E-state index in [-0.39, 0.29) is 12.0 Å². The average molecular weight is 277 g/mol. The summed E-state index contributed by atoms with van der Waals surface area (Å²) in [5.41, 5.74) is -0.199. The third-order valence-corrected chi connectivity index (χ3v) is 4.17. The summed E-state index contributed by atoms with van der Waals surface area (Å²) in [5.74, 6) is 0.0338. The van der Waals surface area contributed by atoms with Gasteiger partial charge in [-0.25, -0.2) is 9.97 Å². The highest BCUT2D eigenvalue weighted by atomic mass is 16.4. The number of anilines is 1. The first-order valence-electron chi connectivity index (χ1n) is 6.89. The lowest BCUT2D eigenvalue weighted by Gasteiger charge is -2.52. The summed E-state index contributed by atoms with van der Waals surface area (Å²) in [6.07, 6.45) is 3.70. The number of rotatable bonds is 4. The predicted octanol–water partition coefficient (Wildman–Crippen LogP) is -0.585. The molecule has 0 radical (unpaired) electrons. The van der Waals surface area contributed by atoms with Crippen molar-refractivity contribution in [3.63, 3.8) is 0 Å². The molecule has 108 valence electrons. The van der Waals surface area contributed by atoms with Crippen LogP contribution in [0.2, 0.25) is 0 Å². The molecule has 2 aliphatic rings. The molecule has 0 bridgehead atoms. The molecule has 2 aliphatic heterocycles. The molecule has 3 heterocycles. The first-order valence-corrected chi connectivity index (χ1v) is 6.89. The molecule has 2 fully saturated rings. The number of piperazine rings is 1. The first-order chi connectivity index (χ1) is 9.70. The monoisotopic (exact) mass is 277 g/mol. The van der Waals surface area contributed by atoms with Crippen LogP contribution >= 0.6 is 0 Å². The predicted molar refractivity (Wildman–Crippen MR) is 73.7 cm³/mol. The molecular weight excluding hydrogens is 258 g/mol. The molecule has 20 heavy (non-hydrogen) atoms. The van der Waals surface area contributed by atoms with Crippen molar-refractivity contribution in [2.24, 2.45) is 0 Å². The van der Waals surface area contributed by atoms with Gasteiger partial charge in [0.15, 0.2) is 0 Å². The Morgan fingerprint density at radius 3 is 2.40 bits per heavy atom. The number of hydrogen-bond acceptors (Lipinski definition) is 6. The Labute approximate surface area is 117 Å². The summed E-state index contributed by atoms with van der Waals surface area (Å²) in [6.45, 7) is 4.92. The summed E-state index contributed by atoms with van der Waals surface area (Å²) in [5, 5.41) is 12.3. The van der Waals surface area contributed by atoms with E-state index in [0.717, 1.165) is 45.2 Å². The number of aromatic nitrogens is 2. The molecule has 0 aliphatic carbocycles. The van der Waals surface area contributed by atoms with Gasteiger partial charge in [-0.1, -0.05) is 0 Å². The minimum Gasteiger partial charge on any atom is -0.481 e. The van der Waals surface area contributed by atoms with Gasteiger partial charge in [0.2, 0.25) is 5.95 Å². The van der Waals surface area contributed by atoms with Crippen LogP contribution in [0.1, 0.15) is 6.42 Å². The van der Waals surface area contributed by atoms with Crippen molar-refractivity contribution in [3.8, 4) is 0 Å². The number of hydrogen-bond donors (Lipinski definition) is 2. The third kappa shape index (κ3) is 2.46. The van der Waals surface area contributed by atoms with Gasteiger partial charge in [-0.2, -0.15) is 0 Å². The molecule has 1 aromatic heterocycles. The minimum atomic E-state index is -0.722. The van der Waals surface area contributed by atoms with Crippen LogP contribution in [0, 0.1) is 0 Å². The topological polar surface area (TPSA) is 81.6 Å². The van der Waals surface area contributed by atoms with Gasteiger partial charge in [-0.15, -0.1) is 0 Å². The Kier molecular flexibility index (Phi) is 3.54. The molecule has 2 saturated heterocycles. The molecule has 0 spiro atoms. The van der Waals surface area contributed by atoms with Crippen LogP contribution in [-0.4, -0.2) is 70.8 Å². The van der Waals surface area contributed by atoms with Gasteiger partial charge in [-0.05, 0) is 6.07 Å². The standard InChI is InChI=1S/C13H19N5O2/c19-11(20)8-13(9-14-10-13)18-6-4-17(5-7-18)12-15-2-1-3-16-12/h1-3,14H,4-10H2,(H,19,20). The maximum absolute atomic E-state index is 11.1. The number of nitrogens with zero attached hydrogens (tertiary/aromatic N) is 4. The number of carbonyl (C=O) groups is 1. The molecule has 0 atom stereocenters. The van der Waals surface area contributed by atoms with Gasteiger partial charge in [0, 0.05) is 51.7 Å². The molecule has 0 amide bonds. The van der Waals surface area contributed by atoms with Crippen molar-refractivity contribution in [3.05, 3.63) is 18.5 Å². The summed E-state index contributed by atoms with van der Waals surface area (Å²) in [4.78, 5) is 24.0. The quantitative estimate of drug-likeness (QED) is 0.761. The van der Waals surface area contributed by atoms with Gasteiger partial charge in [0.05, 0.1) is 12.0 Å². The fraction of sp³-hybridized carbons (Fsp3) is 0.615. The lowest BCUT2D eigenvalue weighted by Crippen LogP contribution is -2.72. The van der Waals surface area contributed by atoms with Crippen LogP contribution in [0.3, 0.4) is 0 Å². The zero-order valence-electron chi connectivity index (χ0n) is 11.3. The fourth-order valence-electron chi connectivity index (χ4n) is 2.99. The Morgan fingerprint density at radius 1 is 1.25 bits per heavy atom. The Hall–Kier alpha value is -1.73. The van der Waals surface area contributed by atoms with E-state index in [2.05, 4.69) is 25.1 Å². The van der Waals surface area contributed by atoms with Crippen LogP contribution in [0.25, 0.3) is 0 Å². The van der Waals surface area contributed by atoms with Crippen molar-refractivity contribution in [2.75, 3.05) is 44.2 Å². The second-order valence-corrected chi connectivity index (χ2v) is 5.42. The number of aliphatic carboxylic acids is 1. The van der Waals surface area contributed by atoms with E-state index >= 15 is 0 Å². The Bertz CT molecular complexity index is 469. The van der Waals surface area contributed by atoms with Crippen LogP contribution in [0.4, 0.5) is 5.95 Å². The zero-order chi connectivity index (χ0) is 14.0. The largest absolute Gasteiger partial charge is 0.481 e. The molecule has 7 heteroatoms. The zero-order valence-corrected chi connectivity index (χ0v) is 11.3. The van der Waals surface area contributed by atoms with Gasteiger partial charge in [-0.3, -0.25) is 9.69 Å². The van der Waals surface area contributed by atoms with Gasteiger partial charge >= 0.3 is 5.97 Å². The van der Waals surface area contributed by atoms with E-state index in [4.69, 9.17) is 5.11 Å². The summed E-state index contributed by atoms with van der Waals surface area (Å²) in [7, 11) is 0. The maximum Gasteiger partial charge on any atom is 0.305 e. The fourth-order valence-corrected chi connectivity index (χ4v) is 2.99. The molecule has 0 saturated carbocycles. The van der Waals surface area contributed by atoms with Crippen molar-refractivity contribution in [1.82, 2.24) is 20.2 Å². The van der Waals surface area contributed by atoms with Gasteiger partial charge < -0.3 is 15.3 Å². The second-order valence-electron chi connectivity index (χ2n) is 5.42. The highest BCUT2D eigenvalue weighted by molar-refractivity contribution is 5.69. The van der Waals surface area contributed by atoms with Crippen LogP contribution in [0.15, 0.2) is 18.5 Å². The van der Waals surface area contributed by atoms with E-state index in [1.807, 2.05) is 6.07 Å². The van der Waals surface area contributed by atoms with Gasteiger partial charge in [0.1, 0.15) is 0 Å². The molecule has 1 aromatic rings. The van der Waals surface area contributed by atoms with Crippen molar-refractivity contribution in [1.29, 1.82) is 0 Å². The minimum absolute atomic E-state index is 0.199. The van der Waals surface area contributed by atoms with E-state index < -0.39 is 5.97 Å². The Morgan fingerprint density at radius 2 is 1.90 bits per heavy atom. The van der Waals surface area contributed by atoms with Crippen molar-refractivity contribution >= 4 is 11.9 Å². The summed E-state index contributed by atoms with van der Waals surface area (Å²) >= 11 is 0. The molecule has 0 unspecified atom stereocenters. The molecule has 0 aromatic carbocycles. The summed E-state index contributed by atoms with van der Waals surface area (Å²) < 4.78 is 0. The van der Waals surface area contributed by atoms with Crippen molar-refractivity contribution in [2.45, 2.75) is 12.0 Å². The highest BCUT2D eigenvalue weighted by Gasteiger charge is 2.45. The SMILES string of the molecule is O=C(O)CC1(N2CCN(c3ncccn3)CC2)CNC1. The number of carboxylic acids is 1. The average Bonchev–Trinajstić information content (AvgIpc) is 2.44. The molecule has 3 rings (SSSR count). The van der Waals surface area contributed by atoms with E-state index in [1.165, 1.54) is 0 Å². The molecule has 2 N–H and O–H groups in total. The smallest absolute Gasteiger partial charge is 0.305 e. The normalized spacial score (nSPS) is 22.3. The van der Waals surface area contributed by atoms with E-state index in [9.17, 15) is 4.79 Å². The summed E-state index contributed by atoms with van der Waals surface area (Å²) in [6, 6.07) is 1.81. The highest BCUT2D eigenvalue weighted by Crippen LogP contribution is 2.26. The van der Waals surface area contributed by atoms with E-state index in [1.54, 1.807) is 12.4 Å². The van der Waals surface area contributed by atoms with Crippen LogP contribution < -0.4 is 10.2 Å². The van der Waals surface area contributed by atoms with Crippen LogP contribution in [-0.2, 0) is 4.79 Å². The lowest BCUT2D eigenvalue weighted by molar-refractivity contribution is -0.142. The van der Waals surface area contributed by atoms with E-state index in [0.29, 0.717) is 0 Å². The molecular formula is C13H19N5O2. The first kappa shape index (κ1) is 13.3. The Balaban J connectivity index is 1.62. The lowest BCUT2D eigenvalue weighted by atomic mass is 9.86. The second kappa shape index (κ2) is 5.34. The van der Waals surface area contributed by atoms with Gasteiger partial charge in [0.25, 0.3) is 0 Å². The van der Waals surface area contributed by atoms with Crippen LogP contribution in [0.5, 0.6) is 0 Å². The number of carboxylic acid groups (broad SMARTS) is 1.